The average molecular weight is 454 g/mol. The predicted molar refractivity (Wildman–Crippen MR) is 126 cm³/mol. The quantitative estimate of drug-likeness (QED) is 0.456. The first-order valence-electron chi connectivity index (χ1n) is 10.7. The number of likely N-dealkylation sites (N-methyl/N-ethyl adjacent to an activating group) is 1. The first-order chi connectivity index (χ1) is 16.2. The summed E-state index contributed by atoms with van der Waals surface area (Å²) in [7, 11) is 1.64. The maximum absolute atomic E-state index is 12.2. The van der Waals surface area contributed by atoms with Gasteiger partial charge in [0.2, 0.25) is 5.60 Å². The number of amides is 2. The Kier molecular flexibility index (Phi) is 4.96. The van der Waals surface area contributed by atoms with E-state index in [9.17, 15) is 14.7 Å². The van der Waals surface area contributed by atoms with Crippen LogP contribution in [-0.4, -0.2) is 60.3 Å². The van der Waals surface area contributed by atoms with Gasteiger partial charge in [0.05, 0.1) is 23.2 Å². The second kappa shape index (κ2) is 7.86. The summed E-state index contributed by atoms with van der Waals surface area (Å²) in [5.41, 5.74) is 7.77. The number of aliphatic hydroxyl groups is 1. The van der Waals surface area contributed by atoms with Crippen molar-refractivity contribution in [1.82, 2.24) is 24.2 Å². The molecule has 0 radical (unpaired) electrons. The normalized spacial score (nSPS) is 17.7. The Labute approximate surface area is 195 Å². The van der Waals surface area contributed by atoms with E-state index in [0.717, 1.165) is 11.4 Å². The molecule has 1 atom stereocenters. The van der Waals surface area contributed by atoms with Crippen LogP contribution in [0.5, 0.6) is 0 Å². The van der Waals surface area contributed by atoms with E-state index in [1.165, 1.54) is 4.90 Å². The topological polar surface area (TPSA) is 119 Å². The SMILES string of the molecule is Cc1cn(-c2ccc3c(c2)c(C(N)=O)nn3-c2cccc(C#C[C@]3(O)CCN(C)C3=O)c2)cn1. The van der Waals surface area contributed by atoms with Gasteiger partial charge in [0, 0.05) is 42.8 Å². The van der Waals surface area contributed by atoms with Crippen LogP contribution in [0.2, 0.25) is 0 Å². The molecule has 0 saturated carbocycles. The standard InChI is InChI=1S/C25H22N6O3/c1-16-14-30(15-27-16)18-6-7-21-20(13-18)22(23(26)32)28-31(21)19-5-3-4-17(12-19)8-9-25(34)10-11-29(2)24(25)33/h3-7,12-15,34H,10-11H2,1-2H3,(H2,26,32)/t25-/m0/s1. The number of fused-ring (bicyclic) bond motifs is 1. The Hall–Kier alpha value is -4.42. The molecule has 3 N–H and O–H groups in total. The monoisotopic (exact) mass is 454 g/mol. The lowest BCUT2D eigenvalue weighted by Gasteiger charge is -2.13. The van der Waals surface area contributed by atoms with E-state index in [4.69, 9.17) is 5.73 Å². The molecule has 2 aromatic heterocycles. The average Bonchev–Trinajstić information content (AvgIpc) is 3.50. The fraction of sp³-hybridized carbons (Fsp3) is 0.200. The van der Waals surface area contributed by atoms with Crippen LogP contribution in [0, 0.1) is 18.8 Å². The van der Waals surface area contributed by atoms with Gasteiger partial charge in [-0.25, -0.2) is 9.67 Å². The Bertz CT molecular complexity index is 1520. The van der Waals surface area contributed by atoms with Crippen molar-refractivity contribution in [2.45, 2.75) is 18.9 Å². The number of likely N-dealkylation sites (tertiary alicyclic amines) is 1. The molecule has 9 nitrogen and oxygen atoms in total. The van der Waals surface area contributed by atoms with Crippen molar-refractivity contribution in [3.05, 3.63) is 71.9 Å². The second-order valence-electron chi connectivity index (χ2n) is 8.39. The third-order valence-electron chi connectivity index (χ3n) is 5.92. The van der Waals surface area contributed by atoms with Gasteiger partial charge in [0.25, 0.3) is 11.8 Å². The summed E-state index contributed by atoms with van der Waals surface area (Å²) in [6, 6.07) is 12.8. The molecule has 0 spiro atoms. The van der Waals surface area contributed by atoms with Gasteiger partial charge in [-0.1, -0.05) is 17.9 Å². The first kappa shape index (κ1) is 21.4. The van der Waals surface area contributed by atoms with Crippen molar-refractivity contribution in [3.8, 4) is 23.2 Å². The zero-order chi connectivity index (χ0) is 24.0. The number of aromatic nitrogens is 4. The summed E-state index contributed by atoms with van der Waals surface area (Å²) in [6.07, 6.45) is 3.85. The third kappa shape index (κ3) is 3.60. The van der Waals surface area contributed by atoms with E-state index in [0.29, 0.717) is 28.7 Å². The lowest BCUT2D eigenvalue weighted by molar-refractivity contribution is -0.137. The maximum Gasteiger partial charge on any atom is 0.269 e. The molecule has 9 heteroatoms. The Balaban J connectivity index is 1.57. The minimum atomic E-state index is -1.68. The van der Waals surface area contributed by atoms with Crippen LogP contribution < -0.4 is 5.73 Å². The molecular formula is C25H22N6O3. The summed E-state index contributed by atoms with van der Waals surface area (Å²) in [5.74, 6) is 4.60. The number of hydrogen-bond donors (Lipinski definition) is 2. The molecule has 5 rings (SSSR count). The largest absolute Gasteiger partial charge is 0.369 e. The van der Waals surface area contributed by atoms with E-state index in [1.54, 1.807) is 36.3 Å². The minimum absolute atomic E-state index is 0.152. The molecule has 3 heterocycles. The van der Waals surface area contributed by atoms with Gasteiger partial charge in [-0.2, -0.15) is 5.10 Å². The van der Waals surface area contributed by atoms with Gasteiger partial charge in [0.15, 0.2) is 5.69 Å². The van der Waals surface area contributed by atoms with E-state index < -0.39 is 17.4 Å². The van der Waals surface area contributed by atoms with Crippen LogP contribution in [0.3, 0.4) is 0 Å². The van der Waals surface area contributed by atoms with Crippen LogP contribution in [0.1, 0.15) is 28.2 Å². The van der Waals surface area contributed by atoms with Gasteiger partial charge in [0.1, 0.15) is 0 Å². The highest BCUT2D eigenvalue weighted by atomic mass is 16.3. The number of rotatable bonds is 3. The number of benzene rings is 2. The predicted octanol–water partition coefficient (Wildman–Crippen LogP) is 1.56. The lowest BCUT2D eigenvalue weighted by atomic mass is 10.0. The molecule has 0 unspecified atom stereocenters. The second-order valence-corrected chi connectivity index (χ2v) is 8.39. The van der Waals surface area contributed by atoms with Crippen LogP contribution in [0.4, 0.5) is 0 Å². The van der Waals surface area contributed by atoms with Gasteiger partial charge in [-0.05, 0) is 43.3 Å². The molecule has 1 aliphatic rings. The molecule has 1 fully saturated rings. The zero-order valence-corrected chi connectivity index (χ0v) is 18.7. The van der Waals surface area contributed by atoms with E-state index in [-0.39, 0.29) is 12.1 Å². The number of aryl methyl sites for hydroxylation is 1. The number of nitrogens with zero attached hydrogens (tertiary/aromatic N) is 5. The number of primary amides is 1. The van der Waals surface area contributed by atoms with Gasteiger partial charge in [-0.15, -0.1) is 0 Å². The number of carbonyl (C=O) groups is 2. The molecule has 1 saturated heterocycles. The highest BCUT2D eigenvalue weighted by Crippen LogP contribution is 2.26. The molecule has 2 aromatic carbocycles. The molecular weight excluding hydrogens is 432 g/mol. The van der Waals surface area contributed by atoms with Gasteiger partial charge < -0.3 is 20.3 Å². The fourth-order valence-corrected chi connectivity index (χ4v) is 4.07. The van der Waals surface area contributed by atoms with E-state index >= 15 is 0 Å². The van der Waals surface area contributed by atoms with E-state index in [1.807, 2.05) is 42.0 Å². The summed E-state index contributed by atoms with van der Waals surface area (Å²) in [4.78, 5) is 30.1. The fourth-order valence-electron chi connectivity index (χ4n) is 4.07. The number of imidazole rings is 1. The van der Waals surface area contributed by atoms with Crippen LogP contribution >= 0.6 is 0 Å². The molecule has 4 aromatic rings. The summed E-state index contributed by atoms with van der Waals surface area (Å²) >= 11 is 0. The van der Waals surface area contributed by atoms with Crippen molar-refractivity contribution < 1.29 is 14.7 Å². The molecule has 2 amide bonds. The molecule has 0 bridgehead atoms. The van der Waals surface area contributed by atoms with Crippen molar-refractivity contribution in [2.75, 3.05) is 13.6 Å². The van der Waals surface area contributed by atoms with Crippen LogP contribution in [0.15, 0.2) is 55.0 Å². The summed E-state index contributed by atoms with van der Waals surface area (Å²) < 4.78 is 3.49. The third-order valence-corrected chi connectivity index (χ3v) is 5.92. The van der Waals surface area contributed by atoms with Crippen LogP contribution in [-0.2, 0) is 4.79 Å². The Morgan fingerprint density at radius 1 is 1.21 bits per heavy atom. The van der Waals surface area contributed by atoms with Crippen molar-refractivity contribution >= 4 is 22.7 Å². The Morgan fingerprint density at radius 2 is 2.03 bits per heavy atom. The first-order valence-corrected chi connectivity index (χ1v) is 10.7. The molecule has 1 aliphatic heterocycles. The van der Waals surface area contributed by atoms with Crippen molar-refractivity contribution in [1.29, 1.82) is 0 Å². The molecule has 0 aliphatic carbocycles. The van der Waals surface area contributed by atoms with Crippen molar-refractivity contribution in [3.63, 3.8) is 0 Å². The summed E-state index contributed by atoms with van der Waals surface area (Å²) in [5, 5.41) is 15.6. The number of hydrogen-bond acceptors (Lipinski definition) is 5. The van der Waals surface area contributed by atoms with Crippen LogP contribution in [0.25, 0.3) is 22.3 Å². The maximum atomic E-state index is 12.2. The highest BCUT2D eigenvalue weighted by molar-refractivity contribution is 6.05. The lowest BCUT2D eigenvalue weighted by Crippen LogP contribution is -2.37. The van der Waals surface area contributed by atoms with E-state index in [2.05, 4.69) is 21.9 Å². The number of nitrogens with two attached hydrogens (primary N) is 1. The van der Waals surface area contributed by atoms with Gasteiger partial charge >= 0.3 is 0 Å². The zero-order valence-electron chi connectivity index (χ0n) is 18.7. The molecule has 170 valence electrons. The van der Waals surface area contributed by atoms with Crippen molar-refractivity contribution in [2.24, 2.45) is 5.73 Å². The Morgan fingerprint density at radius 3 is 2.71 bits per heavy atom. The number of carbonyl (C=O) groups excluding carboxylic acids is 2. The summed E-state index contributed by atoms with van der Waals surface area (Å²) in [6.45, 7) is 2.36. The highest BCUT2D eigenvalue weighted by Gasteiger charge is 2.42. The van der Waals surface area contributed by atoms with Gasteiger partial charge in [-0.3, -0.25) is 9.59 Å². The molecule has 34 heavy (non-hydrogen) atoms. The minimum Gasteiger partial charge on any atom is -0.369 e. The smallest absolute Gasteiger partial charge is 0.269 e.